The van der Waals surface area contributed by atoms with E-state index in [2.05, 4.69) is 15.3 Å². The number of carboxylic acids is 1. The Kier molecular flexibility index (Phi) is 2.86. The molecule has 0 atom stereocenters. The quantitative estimate of drug-likeness (QED) is 0.873. The molecule has 0 radical (unpaired) electrons. The van der Waals surface area contributed by atoms with Crippen molar-refractivity contribution in [1.82, 2.24) is 20.0 Å². The normalized spacial score (nSPS) is 11.5. The summed E-state index contributed by atoms with van der Waals surface area (Å²) in [4.78, 5) is 15.2. The van der Waals surface area contributed by atoms with Gasteiger partial charge in [-0.05, 0) is 32.9 Å². The molecule has 0 spiro atoms. The number of hydrogen-bond donors (Lipinski definition) is 1. The lowest BCUT2D eigenvalue weighted by Gasteiger charge is -2.21. The molecule has 18 heavy (non-hydrogen) atoms. The third kappa shape index (κ3) is 2.09. The minimum Gasteiger partial charge on any atom is -0.476 e. The molecule has 0 aliphatic heterocycles. The van der Waals surface area contributed by atoms with Crippen LogP contribution in [0.15, 0.2) is 24.5 Å². The largest absolute Gasteiger partial charge is 0.476 e. The Morgan fingerprint density at radius 1 is 1.39 bits per heavy atom. The first-order valence-electron chi connectivity index (χ1n) is 5.51. The third-order valence-corrected chi connectivity index (χ3v) is 2.44. The van der Waals surface area contributed by atoms with Crippen molar-refractivity contribution in [1.29, 1.82) is 0 Å². The third-order valence-electron chi connectivity index (χ3n) is 2.44. The highest BCUT2D eigenvalue weighted by atomic mass is 16.4. The lowest BCUT2D eigenvalue weighted by atomic mass is 10.1. The lowest BCUT2D eigenvalue weighted by Crippen LogP contribution is -2.24. The Morgan fingerprint density at radius 2 is 2.11 bits per heavy atom. The molecule has 0 aromatic carbocycles. The van der Waals surface area contributed by atoms with Crippen molar-refractivity contribution in [2.45, 2.75) is 26.3 Å². The second-order valence-electron chi connectivity index (χ2n) is 4.92. The zero-order valence-corrected chi connectivity index (χ0v) is 10.5. The van der Waals surface area contributed by atoms with E-state index in [1.54, 1.807) is 29.2 Å². The van der Waals surface area contributed by atoms with Gasteiger partial charge in [-0.1, -0.05) is 5.21 Å². The van der Waals surface area contributed by atoms with Crippen LogP contribution in [-0.2, 0) is 5.54 Å². The monoisotopic (exact) mass is 246 g/mol. The fourth-order valence-corrected chi connectivity index (χ4v) is 1.66. The van der Waals surface area contributed by atoms with Gasteiger partial charge in [0.25, 0.3) is 0 Å². The van der Waals surface area contributed by atoms with Gasteiger partial charge in [-0.25, -0.2) is 9.48 Å². The van der Waals surface area contributed by atoms with Crippen molar-refractivity contribution >= 4 is 5.97 Å². The number of aromatic nitrogens is 4. The van der Waals surface area contributed by atoms with Crippen LogP contribution in [0.5, 0.6) is 0 Å². The standard InChI is InChI=1S/C12H14N4O2/c1-12(2,3)16-10(8-5-4-6-13-7-8)9(11(17)18)14-15-16/h4-7H,1-3H3,(H,17,18). The summed E-state index contributed by atoms with van der Waals surface area (Å²) >= 11 is 0. The van der Waals surface area contributed by atoms with Crippen LogP contribution in [0.3, 0.4) is 0 Å². The molecule has 0 unspecified atom stereocenters. The smallest absolute Gasteiger partial charge is 0.358 e. The van der Waals surface area contributed by atoms with Gasteiger partial charge in [0.15, 0.2) is 5.69 Å². The van der Waals surface area contributed by atoms with E-state index in [4.69, 9.17) is 5.11 Å². The highest BCUT2D eigenvalue weighted by molar-refractivity contribution is 5.92. The fraction of sp³-hybridized carbons (Fsp3) is 0.333. The molecule has 0 bridgehead atoms. The minimum atomic E-state index is -1.09. The molecule has 0 saturated carbocycles. The molecular weight excluding hydrogens is 232 g/mol. The van der Waals surface area contributed by atoms with E-state index in [9.17, 15) is 4.79 Å². The molecule has 0 amide bonds. The van der Waals surface area contributed by atoms with Crippen LogP contribution >= 0.6 is 0 Å². The molecule has 6 nitrogen and oxygen atoms in total. The van der Waals surface area contributed by atoms with Gasteiger partial charge in [0.05, 0.1) is 5.54 Å². The first kappa shape index (κ1) is 12.2. The first-order valence-corrected chi connectivity index (χ1v) is 5.51. The van der Waals surface area contributed by atoms with Gasteiger partial charge in [-0.3, -0.25) is 4.98 Å². The summed E-state index contributed by atoms with van der Waals surface area (Å²) in [5, 5.41) is 16.9. The van der Waals surface area contributed by atoms with Gasteiger partial charge in [0.2, 0.25) is 0 Å². The SMILES string of the molecule is CC(C)(C)n1nnc(C(=O)O)c1-c1cccnc1. The Hall–Kier alpha value is -2.24. The zero-order chi connectivity index (χ0) is 13.3. The van der Waals surface area contributed by atoms with E-state index in [0.717, 1.165) is 0 Å². The molecule has 2 aromatic rings. The van der Waals surface area contributed by atoms with E-state index >= 15 is 0 Å². The molecule has 2 aromatic heterocycles. The van der Waals surface area contributed by atoms with Gasteiger partial charge in [-0.2, -0.15) is 0 Å². The molecule has 0 aliphatic carbocycles. The van der Waals surface area contributed by atoms with Crippen LogP contribution in [0.2, 0.25) is 0 Å². The number of hydrogen-bond acceptors (Lipinski definition) is 4. The van der Waals surface area contributed by atoms with Crippen LogP contribution in [0.25, 0.3) is 11.3 Å². The van der Waals surface area contributed by atoms with Crippen molar-refractivity contribution in [2.75, 3.05) is 0 Å². The molecule has 0 saturated heterocycles. The number of pyridine rings is 1. The second-order valence-corrected chi connectivity index (χ2v) is 4.92. The summed E-state index contributed by atoms with van der Waals surface area (Å²) in [5.41, 5.74) is 0.752. The van der Waals surface area contributed by atoms with Crippen LogP contribution in [0, 0.1) is 0 Å². The number of carbonyl (C=O) groups is 1. The molecule has 0 fully saturated rings. The summed E-state index contributed by atoms with van der Waals surface area (Å²) in [5.74, 6) is -1.09. The number of nitrogens with zero attached hydrogens (tertiary/aromatic N) is 4. The predicted molar refractivity (Wildman–Crippen MR) is 65.2 cm³/mol. The van der Waals surface area contributed by atoms with Gasteiger partial charge in [0, 0.05) is 18.0 Å². The Labute approximate surface area is 104 Å². The maximum atomic E-state index is 11.2. The van der Waals surface area contributed by atoms with Gasteiger partial charge >= 0.3 is 5.97 Å². The van der Waals surface area contributed by atoms with E-state index in [0.29, 0.717) is 11.3 Å². The molecular formula is C12H14N4O2. The number of rotatable bonds is 2. The van der Waals surface area contributed by atoms with E-state index < -0.39 is 5.97 Å². The summed E-state index contributed by atoms with van der Waals surface area (Å²) in [6, 6.07) is 3.54. The van der Waals surface area contributed by atoms with Gasteiger partial charge in [0.1, 0.15) is 5.69 Å². The van der Waals surface area contributed by atoms with Crippen molar-refractivity contribution in [3.05, 3.63) is 30.2 Å². The Morgan fingerprint density at radius 3 is 2.61 bits per heavy atom. The van der Waals surface area contributed by atoms with E-state index in [1.807, 2.05) is 20.8 Å². The highest BCUT2D eigenvalue weighted by Gasteiger charge is 2.26. The summed E-state index contributed by atoms with van der Waals surface area (Å²) in [6.45, 7) is 5.81. The molecule has 6 heteroatoms. The number of aromatic carboxylic acids is 1. The maximum Gasteiger partial charge on any atom is 0.358 e. The van der Waals surface area contributed by atoms with E-state index in [1.165, 1.54) is 0 Å². The fourth-order valence-electron chi connectivity index (χ4n) is 1.66. The molecule has 0 aliphatic rings. The van der Waals surface area contributed by atoms with Crippen molar-refractivity contribution in [3.8, 4) is 11.3 Å². The maximum absolute atomic E-state index is 11.2. The summed E-state index contributed by atoms with van der Waals surface area (Å²) in [6.07, 6.45) is 3.24. The minimum absolute atomic E-state index is 0.0575. The predicted octanol–water partition coefficient (Wildman–Crippen LogP) is 1.79. The highest BCUT2D eigenvalue weighted by Crippen LogP contribution is 2.26. The van der Waals surface area contributed by atoms with Crippen molar-refractivity contribution in [2.24, 2.45) is 0 Å². The Balaban J connectivity index is 2.70. The van der Waals surface area contributed by atoms with Crippen LogP contribution in [-0.4, -0.2) is 31.1 Å². The summed E-state index contributed by atoms with van der Waals surface area (Å²) in [7, 11) is 0. The molecule has 2 heterocycles. The number of carboxylic acid groups (broad SMARTS) is 1. The average Bonchev–Trinajstić information content (AvgIpc) is 2.74. The van der Waals surface area contributed by atoms with Gasteiger partial charge < -0.3 is 5.11 Å². The van der Waals surface area contributed by atoms with Crippen LogP contribution in [0.1, 0.15) is 31.3 Å². The molecule has 94 valence electrons. The van der Waals surface area contributed by atoms with Crippen LogP contribution < -0.4 is 0 Å². The molecule has 1 N–H and O–H groups in total. The summed E-state index contributed by atoms with van der Waals surface area (Å²) < 4.78 is 1.60. The topological polar surface area (TPSA) is 80.9 Å². The van der Waals surface area contributed by atoms with Gasteiger partial charge in [-0.15, -0.1) is 5.10 Å². The average molecular weight is 246 g/mol. The van der Waals surface area contributed by atoms with Crippen molar-refractivity contribution in [3.63, 3.8) is 0 Å². The Bertz CT molecular complexity index is 570. The molecule has 2 rings (SSSR count). The van der Waals surface area contributed by atoms with E-state index in [-0.39, 0.29) is 11.2 Å². The zero-order valence-electron chi connectivity index (χ0n) is 10.5. The van der Waals surface area contributed by atoms with Crippen LogP contribution in [0.4, 0.5) is 0 Å². The first-order chi connectivity index (χ1) is 8.41. The lowest BCUT2D eigenvalue weighted by molar-refractivity contribution is 0.0691. The van der Waals surface area contributed by atoms with Crippen molar-refractivity contribution < 1.29 is 9.90 Å². The second kappa shape index (κ2) is 4.21.